The Bertz CT molecular complexity index is 166. The summed E-state index contributed by atoms with van der Waals surface area (Å²) < 4.78 is 10.1. The van der Waals surface area contributed by atoms with E-state index < -0.39 is 14.3 Å². The molecule has 0 spiro atoms. The van der Waals surface area contributed by atoms with E-state index in [4.69, 9.17) is 4.43 Å². The summed E-state index contributed by atoms with van der Waals surface area (Å²) >= 11 is 0. The fourth-order valence-corrected chi connectivity index (χ4v) is 0.990. The van der Waals surface area contributed by atoms with Crippen LogP contribution in [0.2, 0.25) is 19.1 Å². The van der Waals surface area contributed by atoms with Crippen LogP contribution in [0, 0.1) is 0 Å². The molecule has 0 N–H and O–H groups in total. The monoisotopic (exact) mass is 188 g/mol. The summed E-state index contributed by atoms with van der Waals surface area (Å²) in [5.41, 5.74) is 0. The quantitative estimate of drug-likeness (QED) is 0.286. The van der Waals surface area contributed by atoms with E-state index in [2.05, 4.69) is 31.3 Å². The molecule has 0 aromatic rings. The van der Waals surface area contributed by atoms with Crippen molar-refractivity contribution in [2.75, 3.05) is 6.79 Å². The lowest BCUT2D eigenvalue weighted by Crippen LogP contribution is -2.30. The molecule has 0 bridgehead atoms. The van der Waals surface area contributed by atoms with Crippen molar-refractivity contribution in [3.63, 3.8) is 0 Å². The van der Waals surface area contributed by atoms with E-state index in [1.807, 2.05) is 0 Å². The van der Waals surface area contributed by atoms with Gasteiger partial charge in [-0.1, -0.05) is 13.5 Å². The molecule has 0 aliphatic carbocycles. The molecule has 0 fully saturated rings. The van der Waals surface area contributed by atoms with Gasteiger partial charge in [-0.05, 0) is 19.1 Å². The van der Waals surface area contributed by atoms with Gasteiger partial charge in [-0.15, -0.1) is 0 Å². The molecule has 0 rings (SSSR count). The molecule has 0 saturated heterocycles. The van der Waals surface area contributed by atoms with Gasteiger partial charge in [-0.2, -0.15) is 0 Å². The molecule has 0 saturated carbocycles. The number of hydrogen-bond acceptors (Lipinski definition) is 3. The van der Waals surface area contributed by atoms with Crippen molar-refractivity contribution in [3.05, 3.63) is 12.7 Å². The lowest BCUT2D eigenvalue weighted by Gasteiger charge is -2.19. The van der Waals surface area contributed by atoms with E-state index >= 15 is 0 Å². The molecule has 0 aromatic carbocycles. The van der Waals surface area contributed by atoms with Crippen LogP contribution < -0.4 is 0 Å². The standard InChI is InChI=1S/C8H16O3Si/c1-5-8(9)10-7-11-12(3,4)6-2/h5H,1,6-7H2,2-4H3. The van der Waals surface area contributed by atoms with Crippen molar-refractivity contribution in [3.8, 4) is 0 Å². The lowest BCUT2D eigenvalue weighted by atomic mass is 10.7. The summed E-state index contributed by atoms with van der Waals surface area (Å²) in [7, 11) is -1.57. The summed E-state index contributed by atoms with van der Waals surface area (Å²) in [6.07, 6.45) is 1.13. The Morgan fingerprint density at radius 2 is 2.17 bits per heavy atom. The molecule has 0 amide bonds. The molecule has 12 heavy (non-hydrogen) atoms. The van der Waals surface area contributed by atoms with Gasteiger partial charge >= 0.3 is 5.97 Å². The molecule has 4 heteroatoms. The Hall–Kier alpha value is -0.613. The van der Waals surface area contributed by atoms with Crippen molar-refractivity contribution in [1.29, 1.82) is 0 Å². The molecular weight excluding hydrogens is 172 g/mol. The first kappa shape index (κ1) is 11.4. The van der Waals surface area contributed by atoms with Crippen LogP contribution in [0.3, 0.4) is 0 Å². The minimum Gasteiger partial charge on any atom is -0.436 e. The molecule has 0 radical (unpaired) electrons. The van der Waals surface area contributed by atoms with Gasteiger partial charge in [-0.3, -0.25) is 0 Å². The van der Waals surface area contributed by atoms with Gasteiger partial charge < -0.3 is 9.16 Å². The van der Waals surface area contributed by atoms with Gasteiger partial charge in [-0.25, -0.2) is 4.79 Å². The fraction of sp³-hybridized carbons (Fsp3) is 0.625. The maximum atomic E-state index is 10.6. The lowest BCUT2D eigenvalue weighted by molar-refractivity contribution is -0.144. The van der Waals surface area contributed by atoms with Crippen molar-refractivity contribution >= 4 is 14.3 Å². The second-order valence-corrected chi connectivity index (χ2v) is 7.56. The van der Waals surface area contributed by atoms with E-state index in [-0.39, 0.29) is 6.79 Å². The number of rotatable bonds is 5. The van der Waals surface area contributed by atoms with E-state index in [9.17, 15) is 4.79 Å². The average molecular weight is 188 g/mol. The highest BCUT2D eigenvalue weighted by Crippen LogP contribution is 2.09. The predicted molar refractivity (Wildman–Crippen MR) is 50.2 cm³/mol. The maximum Gasteiger partial charge on any atom is 0.332 e. The molecule has 70 valence electrons. The highest BCUT2D eigenvalue weighted by molar-refractivity contribution is 6.71. The summed E-state index contributed by atoms with van der Waals surface area (Å²) in [6, 6.07) is 1.01. The minimum absolute atomic E-state index is 0.0535. The minimum atomic E-state index is -1.57. The Morgan fingerprint density at radius 1 is 1.58 bits per heavy atom. The Kier molecular flexibility index (Phi) is 4.85. The van der Waals surface area contributed by atoms with Crippen molar-refractivity contribution in [2.45, 2.75) is 26.1 Å². The van der Waals surface area contributed by atoms with Crippen LogP contribution in [-0.2, 0) is 14.0 Å². The topological polar surface area (TPSA) is 35.5 Å². The molecule has 0 aromatic heterocycles. The Morgan fingerprint density at radius 3 is 2.58 bits per heavy atom. The smallest absolute Gasteiger partial charge is 0.332 e. The second kappa shape index (κ2) is 5.11. The summed E-state index contributed by atoms with van der Waals surface area (Å²) in [5.74, 6) is -0.434. The Labute approximate surface area is 74.5 Å². The van der Waals surface area contributed by atoms with Crippen LogP contribution in [0.25, 0.3) is 0 Å². The third-order valence-corrected chi connectivity index (χ3v) is 4.27. The maximum absolute atomic E-state index is 10.6. The van der Waals surface area contributed by atoms with Gasteiger partial charge in [0.25, 0.3) is 0 Å². The van der Waals surface area contributed by atoms with Crippen LogP contribution in [0.5, 0.6) is 0 Å². The third kappa shape index (κ3) is 5.09. The highest BCUT2D eigenvalue weighted by Gasteiger charge is 2.19. The Balaban J connectivity index is 3.56. The summed E-state index contributed by atoms with van der Waals surface area (Å²) in [6.45, 7) is 9.56. The van der Waals surface area contributed by atoms with E-state index in [1.165, 1.54) is 0 Å². The summed E-state index contributed by atoms with van der Waals surface area (Å²) in [4.78, 5) is 10.6. The molecule has 0 unspecified atom stereocenters. The van der Waals surface area contributed by atoms with Crippen LogP contribution in [-0.4, -0.2) is 21.1 Å². The molecule has 0 aliphatic heterocycles. The molecule has 0 heterocycles. The molecule has 0 atom stereocenters. The highest BCUT2D eigenvalue weighted by atomic mass is 28.4. The van der Waals surface area contributed by atoms with Gasteiger partial charge in [0.2, 0.25) is 0 Å². The van der Waals surface area contributed by atoms with Gasteiger partial charge in [0.15, 0.2) is 15.1 Å². The van der Waals surface area contributed by atoms with Crippen LogP contribution >= 0.6 is 0 Å². The zero-order valence-corrected chi connectivity index (χ0v) is 8.92. The first-order valence-corrected chi connectivity index (χ1v) is 7.06. The predicted octanol–water partition coefficient (Wildman–Crippen LogP) is 1.91. The van der Waals surface area contributed by atoms with Gasteiger partial charge in [0.1, 0.15) is 0 Å². The fourth-order valence-electron chi connectivity index (χ4n) is 0.408. The third-order valence-electron chi connectivity index (χ3n) is 1.67. The molecular formula is C8H16O3Si. The normalized spacial score (nSPS) is 10.9. The largest absolute Gasteiger partial charge is 0.436 e. The van der Waals surface area contributed by atoms with Crippen molar-refractivity contribution in [1.82, 2.24) is 0 Å². The van der Waals surface area contributed by atoms with Crippen molar-refractivity contribution < 1.29 is 14.0 Å². The van der Waals surface area contributed by atoms with E-state index in [1.54, 1.807) is 0 Å². The average Bonchev–Trinajstić information content (AvgIpc) is 2.04. The van der Waals surface area contributed by atoms with Crippen LogP contribution in [0.15, 0.2) is 12.7 Å². The second-order valence-electron chi connectivity index (χ2n) is 3.04. The molecule has 0 aliphatic rings. The number of carbonyl (C=O) groups is 1. The van der Waals surface area contributed by atoms with E-state index in [0.29, 0.717) is 0 Å². The first-order valence-electron chi connectivity index (χ1n) is 3.95. The first-order chi connectivity index (χ1) is 5.52. The molecule has 3 nitrogen and oxygen atoms in total. The zero-order chi connectivity index (χ0) is 9.61. The number of carbonyl (C=O) groups excluding carboxylic acids is 1. The SMILES string of the molecule is C=CC(=O)OCO[Si](C)(C)CC. The van der Waals surface area contributed by atoms with Crippen molar-refractivity contribution in [2.24, 2.45) is 0 Å². The van der Waals surface area contributed by atoms with Gasteiger partial charge in [0, 0.05) is 6.08 Å². The number of ether oxygens (including phenoxy) is 1. The van der Waals surface area contributed by atoms with Crippen LogP contribution in [0.4, 0.5) is 0 Å². The van der Waals surface area contributed by atoms with E-state index in [0.717, 1.165) is 12.1 Å². The zero-order valence-electron chi connectivity index (χ0n) is 7.92. The van der Waals surface area contributed by atoms with Gasteiger partial charge in [0.05, 0.1) is 0 Å². The summed E-state index contributed by atoms with van der Waals surface area (Å²) in [5, 5.41) is 0. The number of esters is 1. The number of hydrogen-bond donors (Lipinski definition) is 0. The van der Waals surface area contributed by atoms with Crippen LogP contribution in [0.1, 0.15) is 6.92 Å².